The molecule has 3 aromatic rings. The lowest BCUT2D eigenvalue weighted by Gasteiger charge is -1.98. The van der Waals surface area contributed by atoms with E-state index in [1.54, 1.807) is 24.3 Å². The molecule has 1 aromatic heterocycles. The maximum absolute atomic E-state index is 10.9. The number of nitrogens with zero attached hydrogens (tertiary/aromatic N) is 1. The van der Waals surface area contributed by atoms with Crippen LogP contribution in [-0.4, -0.2) is 16.1 Å². The number of carboxylic acids is 1. The zero-order valence-electron chi connectivity index (χ0n) is 9.93. The van der Waals surface area contributed by atoms with Crippen LogP contribution in [0.25, 0.3) is 22.6 Å². The molecule has 0 unspecified atom stereocenters. The zero-order chi connectivity index (χ0) is 14.3. The van der Waals surface area contributed by atoms with E-state index in [1.165, 1.54) is 12.1 Å². The van der Waals surface area contributed by atoms with Crippen molar-refractivity contribution in [3.05, 3.63) is 52.0 Å². The fourth-order valence-electron chi connectivity index (χ4n) is 1.81. The smallest absolute Gasteiger partial charge is 0.335 e. The number of hydrogen-bond acceptors (Lipinski definition) is 3. The summed E-state index contributed by atoms with van der Waals surface area (Å²) in [5, 5.41) is 9.79. The van der Waals surface area contributed by atoms with E-state index in [4.69, 9.17) is 32.7 Å². The second kappa shape index (κ2) is 4.81. The molecule has 0 saturated carbocycles. The Morgan fingerprint density at radius 3 is 2.60 bits per heavy atom. The molecule has 0 aliphatic carbocycles. The standard InChI is InChI=1S/C14H7Cl2NO3/c15-9-3-1-7(5-10(9)16)13-17-11-4-2-8(14(18)19)6-12(11)20-13/h1-6H,(H,18,19). The Morgan fingerprint density at radius 1 is 1.10 bits per heavy atom. The van der Waals surface area contributed by atoms with Gasteiger partial charge in [0.15, 0.2) is 5.58 Å². The highest BCUT2D eigenvalue weighted by Crippen LogP contribution is 2.30. The van der Waals surface area contributed by atoms with E-state index in [1.807, 2.05) is 0 Å². The molecule has 20 heavy (non-hydrogen) atoms. The SMILES string of the molecule is O=C(O)c1ccc2nc(-c3ccc(Cl)c(Cl)c3)oc2c1. The maximum atomic E-state index is 10.9. The van der Waals surface area contributed by atoms with Crippen molar-refractivity contribution in [1.82, 2.24) is 4.98 Å². The molecule has 0 radical (unpaired) electrons. The summed E-state index contributed by atoms with van der Waals surface area (Å²) in [6.45, 7) is 0. The Hall–Kier alpha value is -2.04. The van der Waals surface area contributed by atoms with Gasteiger partial charge in [0.1, 0.15) is 5.52 Å². The molecule has 3 rings (SSSR count). The van der Waals surface area contributed by atoms with Gasteiger partial charge in [0.2, 0.25) is 5.89 Å². The Bertz CT molecular complexity index is 826. The quantitative estimate of drug-likeness (QED) is 0.757. The van der Waals surface area contributed by atoms with Crippen LogP contribution in [0.4, 0.5) is 0 Å². The summed E-state index contributed by atoms with van der Waals surface area (Å²) in [6, 6.07) is 9.54. The Kier molecular flexibility index (Phi) is 3.12. The minimum atomic E-state index is -1.01. The number of fused-ring (bicyclic) bond motifs is 1. The first kappa shape index (κ1) is 13.0. The molecule has 0 spiro atoms. The van der Waals surface area contributed by atoms with Crippen molar-refractivity contribution in [1.29, 1.82) is 0 Å². The summed E-state index contributed by atoms with van der Waals surface area (Å²) in [7, 11) is 0. The fourth-order valence-corrected chi connectivity index (χ4v) is 2.11. The van der Waals surface area contributed by atoms with Gasteiger partial charge in [-0.05, 0) is 36.4 Å². The summed E-state index contributed by atoms with van der Waals surface area (Å²) in [5.74, 6) is -0.652. The third kappa shape index (κ3) is 2.24. The first-order valence-electron chi connectivity index (χ1n) is 5.64. The number of benzene rings is 2. The van der Waals surface area contributed by atoms with E-state index < -0.39 is 5.97 Å². The normalized spacial score (nSPS) is 10.9. The van der Waals surface area contributed by atoms with Gasteiger partial charge < -0.3 is 9.52 Å². The van der Waals surface area contributed by atoms with E-state index in [-0.39, 0.29) is 5.56 Å². The molecular formula is C14H7Cl2NO3. The lowest BCUT2D eigenvalue weighted by molar-refractivity contribution is 0.0697. The number of halogens is 2. The van der Waals surface area contributed by atoms with Crippen molar-refractivity contribution in [3.8, 4) is 11.5 Å². The highest BCUT2D eigenvalue weighted by Gasteiger charge is 2.12. The molecule has 0 fully saturated rings. The van der Waals surface area contributed by atoms with Gasteiger partial charge in [-0.25, -0.2) is 9.78 Å². The van der Waals surface area contributed by atoms with Crippen molar-refractivity contribution in [2.45, 2.75) is 0 Å². The van der Waals surface area contributed by atoms with Crippen LogP contribution >= 0.6 is 23.2 Å². The molecule has 1 heterocycles. The number of rotatable bonds is 2. The minimum absolute atomic E-state index is 0.148. The van der Waals surface area contributed by atoms with Gasteiger partial charge in [-0.1, -0.05) is 23.2 Å². The molecule has 0 amide bonds. The van der Waals surface area contributed by atoms with Crippen LogP contribution in [0.2, 0.25) is 10.0 Å². The monoisotopic (exact) mass is 307 g/mol. The topological polar surface area (TPSA) is 63.3 Å². The average molecular weight is 308 g/mol. The number of oxazole rings is 1. The van der Waals surface area contributed by atoms with Crippen molar-refractivity contribution in [2.75, 3.05) is 0 Å². The molecular weight excluding hydrogens is 301 g/mol. The van der Waals surface area contributed by atoms with Crippen LogP contribution in [0.1, 0.15) is 10.4 Å². The highest BCUT2D eigenvalue weighted by molar-refractivity contribution is 6.42. The van der Waals surface area contributed by atoms with Gasteiger partial charge in [-0.15, -0.1) is 0 Å². The minimum Gasteiger partial charge on any atom is -0.478 e. The third-order valence-corrected chi connectivity index (χ3v) is 3.54. The second-order valence-electron chi connectivity index (χ2n) is 4.14. The van der Waals surface area contributed by atoms with E-state index >= 15 is 0 Å². The van der Waals surface area contributed by atoms with Gasteiger partial charge >= 0.3 is 5.97 Å². The van der Waals surface area contributed by atoms with Crippen LogP contribution in [0, 0.1) is 0 Å². The second-order valence-corrected chi connectivity index (χ2v) is 4.95. The molecule has 1 N–H and O–H groups in total. The number of aromatic nitrogens is 1. The first-order valence-corrected chi connectivity index (χ1v) is 6.39. The van der Waals surface area contributed by atoms with E-state index in [0.29, 0.717) is 32.6 Å². The first-order chi connectivity index (χ1) is 9.54. The number of hydrogen-bond donors (Lipinski definition) is 1. The molecule has 2 aromatic carbocycles. The number of carbonyl (C=O) groups is 1. The van der Waals surface area contributed by atoms with Crippen LogP contribution in [-0.2, 0) is 0 Å². The molecule has 0 aliphatic rings. The zero-order valence-corrected chi connectivity index (χ0v) is 11.4. The van der Waals surface area contributed by atoms with Gasteiger partial charge in [0.05, 0.1) is 15.6 Å². The van der Waals surface area contributed by atoms with Crippen LogP contribution < -0.4 is 0 Å². The van der Waals surface area contributed by atoms with Crippen molar-refractivity contribution < 1.29 is 14.3 Å². The van der Waals surface area contributed by atoms with Crippen LogP contribution in [0.15, 0.2) is 40.8 Å². The van der Waals surface area contributed by atoms with Crippen LogP contribution in [0.5, 0.6) is 0 Å². The number of carboxylic acid groups (broad SMARTS) is 1. The lowest BCUT2D eigenvalue weighted by Crippen LogP contribution is -1.94. The van der Waals surface area contributed by atoms with Gasteiger partial charge in [-0.3, -0.25) is 0 Å². The molecule has 0 atom stereocenters. The predicted octanol–water partition coefficient (Wildman–Crippen LogP) is 4.50. The predicted molar refractivity (Wildman–Crippen MR) is 76.4 cm³/mol. The van der Waals surface area contributed by atoms with Crippen molar-refractivity contribution in [2.24, 2.45) is 0 Å². The molecule has 0 saturated heterocycles. The highest BCUT2D eigenvalue weighted by atomic mass is 35.5. The summed E-state index contributed by atoms with van der Waals surface area (Å²) in [6.07, 6.45) is 0. The van der Waals surface area contributed by atoms with Crippen LogP contribution in [0.3, 0.4) is 0 Å². The maximum Gasteiger partial charge on any atom is 0.335 e. The average Bonchev–Trinajstić information content (AvgIpc) is 2.84. The molecule has 6 heteroatoms. The molecule has 0 aliphatic heterocycles. The van der Waals surface area contributed by atoms with Crippen molar-refractivity contribution >= 4 is 40.3 Å². The Labute approximate surface area is 123 Å². The van der Waals surface area contributed by atoms with E-state index in [9.17, 15) is 4.79 Å². The number of aromatic carboxylic acids is 1. The Balaban J connectivity index is 2.12. The summed E-state index contributed by atoms with van der Waals surface area (Å²) in [4.78, 5) is 15.2. The van der Waals surface area contributed by atoms with E-state index in [0.717, 1.165) is 0 Å². The van der Waals surface area contributed by atoms with E-state index in [2.05, 4.69) is 4.98 Å². The van der Waals surface area contributed by atoms with Gasteiger partial charge in [0.25, 0.3) is 0 Å². The summed E-state index contributed by atoms with van der Waals surface area (Å²) >= 11 is 11.8. The fraction of sp³-hybridized carbons (Fsp3) is 0. The largest absolute Gasteiger partial charge is 0.478 e. The van der Waals surface area contributed by atoms with Gasteiger partial charge in [0, 0.05) is 5.56 Å². The lowest BCUT2D eigenvalue weighted by atomic mass is 10.2. The van der Waals surface area contributed by atoms with Gasteiger partial charge in [-0.2, -0.15) is 0 Å². The summed E-state index contributed by atoms with van der Waals surface area (Å²) in [5.41, 5.74) is 1.81. The molecule has 4 nitrogen and oxygen atoms in total. The Morgan fingerprint density at radius 2 is 1.90 bits per heavy atom. The molecule has 0 bridgehead atoms. The molecule has 100 valence electrons. The van der Waals surface area contributed by atoms with Crippen molar-refractivity contribution in [3.63, 3.8) is 0 Å². The summed E-state index contributed by atoms with van der Waals surface area (Å²) < 4.78 is 5.56. The third-order valence-electron chi connectivity index (χ3n) is 2.80.